The summed E-state index contributed by atoms with van der Waals surface area (Å²) in [5, 5.41) is 11.0. The Morgan fingerprint density at radius 1 is 1.29 bits per heavy atom. The Balaban J connectivity index is 2.17. The van der Waals surface area contributed by atoms with Crippen molar-refractivity contribution in [2.75, 3.05) is 0 Å². The van der Waals surface area contributed by atoms with Crippen LogP contribution >= 0.6 is 0 Å². The molecule has 2 aromatic rings. The number of hydrogen-bond donors (Lipinski definition) is 0. The lowest BCUT2D eigenvalue weighted by Crippen LogP contribution is -2.13. The first kappa shape index (κ1) is 11.4. The lowest BCUT2D eigenvalue weighted by molar-refractivity contribution is 0.532. The lowest BCUT2D eigenvalue weighted by Gasteiger charge is -2.09. The van der Waals surface area contributed by atoms with Gasteiger partial charge < -0.3 is 0 Å². The van der Waals surface area contributed by atoms with Gasteiger partial charge >= 0.3 is 0 Å². The molecule has 0 N–H and O–H groups in total. The lowest BCUT2D eigenvalue weighted by atomic mass is 10.0. The van der Waals surface area contributed by atoms with Crippen molar-refractivity contribution in [3.8, 4) is 0 Å². The van der Waals surface area contributed by atoms with E-state index in [1.165, 1.54) is 0 Å². The molecule has 0 spiro atoms. The number of aromatic nitrogens is 3. The van der Waals surface area contributed by atoms with E-state index in [-0.39, 0.29) is 0 Å². The summed E-state index contributed by atoms with van der Waals surface area (Å²) in [6.07, 6.45) is 1.76. The molecule has 1 aromatic heterocycles. The second-order valence-corrected chi connectivity index (χ2v) is 4.44. The summed E-state index contributed by atoms with van der Waals surface area (Å²) < 4.78 is 1.71. The van der Waals surface area contributed by atoms with E-state index in [0.717, 1.165) is 5.56 Å². The van der Waals surface area contributed by atoms with E-state index in [1.807, 2.05) is 30.3 Å². The minimum atomic E-state index is -0.824. The van der Waals surface area contributed by atoms with E-state index in [1.54, 1.807) is 24.7 Å². The van der Waals surface area contributed by atoms with Gasteiger partial charge in [0.1, 0.15) is 11.2 Å². The van der Waals surface area contributed by atoms with Crippen molar-refractivity contribution in [1.29, 1.82) is 0 Å². The zero-order valence-corrected chi connectivity index (χ0v) is 9.87. The van der Waals surface area contributed by atoms with Gasteiger partial charge in [-0.2, -0.15) is 0 Å². The average Bonchev–Trinajstić information content (AvgIpc) is 2.80. The van der Waals surface area contributed by atoms with Gasteiger partial charge in [0.2, 0.25) is 0 Å². The minimum Gasteiger partial charge on any atom is -0.248 e. The summed E-state index contributed by atoms with van der Waals surface area (Å²) in [6.45, 7) is 4.08. The summed E-state index contributed by atoms with van der Waals surface area (Å²) in [5.41, 5.74) is 0.902. The molecule has 0 fully saturated rings. The predicted octanol–water partition coefficient (Wildman–Crippen LogP) is 2.33. The molecule has 1 heterocycles. The van der Waals surface area contributed by atoms with E-state index in [0.29, 0.717) is 12.2 Å². The molecular weight excluding hydrogens is 216 g/mol. The Morgan fingerprint density at radius 2 is 2.00 bits per heavy atom. The first-order valence-corrected chi connectivity index (χ1v) is 5.41. The van der Waals surface area contributed by atoms with Crippen LogP contribution in [0.5, 0.6) is 0 Å². The monoisotopic (exact) mass is 230 g/mol. The van der Waals surface area contributed by atoms with Crippen molar-refractivity contribution in [2.24, 2.45) is 5.18 Å². The zero-order valence-electron chi connectivity index (χ0n) is 9.87. The van der Waals surface area contributed by atoms with Crippen LogP contribution in [0.2, 0.25) is 0 Å². The van der Waals surface area contributed by atoms with Gasteiger partial charge in [-0.15, -0.1) is 10.0 Å². The second-order valence-electron chi connectivity index (χ2n) is 4.44. The maximum Gasteiger partial charge on any atom is 0.142 e. The van der Waals surface area contributed by atoms with Crippen LogP contribution in [-0.2, 0) is 12.1 Å². The van der Waals surface area contributed by atoms with Gasteiger partial charge in [0.05, 0.1) is 12.7 Å². The van der Waals surface area contributed by atoms with E-state index < -0.39 is 5.54 Å². The molecule has 0 amide bonds. The van der Waals surface area contributed by atoms with E-state index >= 15 is 0 Å². The summed E-state index contributed by atoms with van der Waals surface area (Å²) in [4.78, 5) is 10.7. The third-order valence-corrected chi connectivity index (χ3v) is 2.58. The third-order valence-electron chi connectivity index (χ3n) is 2.58. The Kier molecular flexibility index (Phi) is 2.99. The predicted molar refractivity (Wildman–Crippen MR) is 64.4 cm³/mol. The van der Waals surface area contributed by atoms with Crippen LogP contribution in [0.15, 0.2) is 41.7 Å². The number of nitrogens with zero attached hydrogens (tertiary/aromatic N) is 4. The van der Waals surface area contributed by atoms with Gasteiger partial charge in [-0.3, -0.25) is 0 Å². The second kappa shape index (κ2) is 4.45. The van der Waals surface area contributed by atoms with Crippen LogP contribution in [0.4, 0.5) is 0 Å². The molecule has 1 aromatic carbocycles. The van der Waals surface area contributed by atoms with Gasteiger partial charge in [0.25, 0.3) is 0 Å². The molecule has 0 bridgehead atoms. The third kappa shape index (κ3) is 2.55. The quantitative estimate of drug-likeness (QED) is 0.757. The molecule has 0 saturated heterocycles. The first-order chi connectivity index (χ1) is 8.12. The highest BCUT2D eigenvalue weighted by Crippen LogP contribution is 2.21. The smallest absolute Gasteiger partial charge is 0.142 e. The van der Waals surface area contributed by atoms with Crippen LogP contribution in [0, 0.1) is 4.91 Å². The Hall–Kier alpha value is -2.04. The standard InChI is InChI=1S/C12H14N4O/c1-12(2,14-17)11-9-16(15-13-11)8-10-6-4-3-5-7-10/h3-7,9H,8H2,1-2H3. The molecule has 88 valence electrons. The van der Waals surface area contributed by atoms with Crippen molar-refractivity contribution in [3.05, 3.63) is 52.7 Å². The molecule has 0 unspecified atom stereocenters. The van der Waals surface area contributed by atoms with Crippen LogP contribution in [0.25, 0.3) is 0 Å². The summed E-state index contributed by atoms with van der Waals surface area (Å²) in [6, 6.07) is 9.96. The van der Waals surface area contributed by atoms with Gasteiger partial charge in [-0.25, -0.2) is 4.68 Å². The number of rotatable bonds is 4. The summed E-state index contributed by atoms with van der Waals surface area (Å²) in [5.74, 6) is 0. The Morgan fingerprint density at radius 3 is 2.65 bits per heavy atom. The molecule has 5 nitrogen and oxygen atoms in total. The number of nitroso groups, excluding NO2 is 1. The van der Waals surface area contributed by atoms with Crippen molar-refractivity contribution < 1.29 is 0 Å². The molecule has 0 aliphatic heterocycles. The SMILES string of the molecule is CC(C)(N=O)c1cn(Cc2ccccc2)nn1. The normalized spacial score (nSPS) is 11.4. The zero-order chi connectivity index (χ0) is 12.3. The number of hydrogen-bond acceptors (Lipinski definition) is 4. The van der Waals surface area contributed by atoms with Crippen molar-refractivity contribution in [3.63, 3.8) is 0 Å². The van der Waals surface area contributed by atoms with Gasteiger partial charge in [-0.05, 0) is 19.4 Å². The first-order valence-electron chi connectivity index (χ1n) is 5.41. The fraction of sp³-hybridized carbons (Fsp3) is 0.333. The Labute approximate surface area is 99.4 Å². The molecular formula is C12H14N4O. The van der Waals surface area contributed by atoms with Crippen molar-refractivity contribution >= 4 is 0 Å². The van der Waals surface area contributed by atoms with Gasteiger partial charge in [0.15, 0.2) is 0 Å². The van der Waals surface area contributed by atoms with Crippen molar-refractivity contribution in [2.45, 2.75) is 25.9 Å². The fourth-order valence-electron chi connectivity index (χ4n) is 1.47. The maximum absolute atomic E-state index is 10.7. The minimum absolute atomic E-state index is 0.587. The molecule has 0 radical (unpaired) electrons. The molecule has 17 heavy (non-hydrogen) atoms. The van der Waals surface area contributed by atoms with Crippen molar-refractivity contribution in [1.82, 2.24) is 15.0 Å². The molecule has 2 rings (SSSR count). The van der Waals surface area contributed by atoms with E-state index in [2.05, 4.69) is 15.5 Å². The average molecular weight is 230 g/mol. The van der Waals surface area contributed by atoms with Crippen LogP contribution in [0.3, 0.4) is 0 Å². The van der Waals surface area contributed by atoms with Crippen LogP contribution < -0.4 is 0 Å². The molecule has 5 heteroatoms. The molecule has 0 saturated carbocycles. The highest BCUT2D eigenvalue weighted by molar-refractivity contribution is 5.15. The fourth-order valence-corrected chi connectivity index (χ4v) is 1.47. The van der Waals surface area contributed by atoms with E-state index in [4.69, 9.17) is 0 Å². The van der Waals surface area contributed by atoms with Crippen LogP contribution in [0.1, 0.15) is 25.1 Å². The summed E-state index contributed by atoms with van der Waals surface area (Å²) >= 11 is 0. The molecule has 0 aliphatic rings. The Bertz CT molecular complexity index is 504. The highest BCUT2D eigenvalue weighted by atomic mass is 16.3. The topological polar surface area (TPSA) is 60.1 Å². The molecule has 0 aliphatic carbocycles. The summed E-state index contributed by atoms with van der Waals surface area (Å²) in [7, 11) is 0. The van der Waals surface area contributed by atoms with Gasteiger partial charge in [0, 0.05) is 0 Å². The highest BCUT2D eigenvalue weighted by Gasteiger charge is 2.25. The van der Waals surface area contributed by atoms with Crippen LogP contribution in [-0.4, -0.2) is 15.0 Å². The number of benzene rings is 1. The largest absolute Gasteiger partial charge is 0.248 e. The maximum atomic E-state index is 10.7. The van der Waals surface area contributed by atoms with Gasteiger partial charge in [-0.1, -0.05) is 40.7 Å². The molecule has 0 atom stereocenters. The van der Waals surface area contributed by atoms with E-state index in [9.17, 15) is 4.91 Å².